The number of anilines is 1. The van der Waals surface area contributed by atoms with E-state index in [1.807, 2.05) is 48.5 Å². The minimum absolute atomic E-state index is 0.00537. The first-order chi connectivity index (χ1) is 14.0. The number of nitrogens with zero attached hydrogens (tertiary/aromatic N) is 1. The first-order valence-corrected chi connectivity index (χ1v) is 11.0. The maximum Gasteiger partial charge on any atom is 0.251 e. The van der Waals surface area contributed by atoms with E-state index in [0.717, 1.165) is 28.6 Å². The Hall–Kier alpha value is -2.31. The molecule has 2 N–H and O–H groups in total. The summed E-state index contributed by atoms with van der Waals surface area (Å²) in [6.45, 7) is 6.04. The van der Waals surface area contributed by atoms with Crippen molar-refractivity contribution in [2.75, 3.05) is 18.4 Å². The van der Waals surface area contributed by atoms with Crippen LogP contribution in [0, 0.1) is 5.92 Å². The molecule has 2 aromatic rings. The van der Waals surface area contributed by atoms with E-state index < -0.39 is 0 Å². The lowest BCUT2D eigenvalue weighted by Crippen LogP contribution is -2.62. The molecular formula is C23H27N3O2S. The van der Waals surface area contributed by atoms with E-state index in [4.69, 9.17) is 0 Å². The molecule has 3 saturated heterocycles. The maximum absolute atomic E-state index is 12.8. The monoisotopic (exact) mass is 409 g/mol. The lowest BCUT2D eigenvalue weighted by atomic mass is 9.79. The Bertz CT molecular complexity index is 889. The van der Waals surface area contributed by atoms with Gasteiger partial charge in [-0.2, -0.15) is 0 Å². The zero-order valence-electron chi connectivity index (χ0n) is 16.9. The third-order valence-electron chi connectivity index (χ3n) is 6.02. The van der Waals surface area contributed by atoms with Crippen molar-refractivity contribution in [3.63, 3.8) is 0 Å². The molecule has 2 amide bonds. The molecule has 152 valence electrons. The van der Waals surface area contributed by atoms with Crippen LogP contribution in [0.2, 0.25) is 0 Å². The molecule has 3 aliphatic heterocycles. The Morgan fingerprint density at radius 1 is 1.03 bits per heavy atom. The fourth-order valence-corrected chi connectivity index (χ4v) is 5.33. The van der Waals surface area contributed by atoms with Gasteiger partial charge >= 0.3 is 0 Å². The number of nitrogens with one attached hydrogen (secondary N) is 2. The van der Waals surface area contributed by atoms with Gasteiger partial charge in [-0.15, -0.1) is 0 Å². The van der Waals surface area contributed by atoms with Crippen molar-refractivity contribution in [1.29, 1.82) is 0 Å². The second-order valence-corrected chi connectivity index (χ2v) is 9.03. The molecule has 3 heterocycles. The van der Waals surface area contributed by atoms with Gasteiger partial charge in [0.1, 0.15) is 0 Å². The zero-order chi connectivity index (χ0) is 20.4. The van der Waals surface area contributed by atoms with Crippen molar-refractivity contribution in [2.24, 2.45) is 5.92 Å². The molecular weight excluding hydrogens is 382 g/mol. The van der Waals surface area contributed by atoms with Gasteiger partial charge in [-0.3, -0.25) is 14.5 Å². The highest BCUT2D eigenvalue weighted by atomic mass is 32.2. The normalized spacial score (nSPS) is 25.4. The van der Waals surface area contributed by atoms with Crippen LogP contribution in [0.25, 0.3) is 0 Å². The molecule has 5 rings (SSSR count). The van der Waals surface area contributed by atoms with Gasteiger partial charge in [0.05, 0.1) is 5.69 Å². The molecule has 2 aromatic carbocycles. The van der Waals surface area contributed by atoms with Crippen LogP contribution in [0.1, 0.15) is 37.0 Å². The molecule has 2 atom stereocenters. The molecule has 5 nitrogen and oxygen atoms in total. The Morgan fingerprint density at radius 3 is 2.38 bits per heavy atom. The molecule has 3 aliphatic rings. The summed E-state index contributed by atoms with van der Waals surface area (Å²) < 4.78 is 0. The van der Waals surface area contributed by atoms with Crippen molar-refractivity contribution in [1.82, 2.24) is 10.2 Å². The maximum atomic E-state index is 12.8. The quantitative estimate of drug-likeness (QED) is 0.783. The van der Waals surface area contributed by atoms with Gasteiger partial charge < -0.3 is 10.6 Å². The van der Waals surface area contributed by atoms with Crippen molar-refractivity contribution >= 4 is 29.3 Å². The summed E-state index contributed by atoms with van der Waals surface area (Å²) in [5, 5.41) is 6.14. The van der Waals surface area contributed by atoms with Crippen LogP contribution in [0.3, 0.4) is 0 Å². The van der Waals surface area contributed by atoms with Crippen LogP contribution >= 0.6 is 11.8 Å². The van der Waals surface area contributed by atoms with Gasteiger partial charge in [0.2, 0.25) is 5.91 Å². The van der Waals surface area contributed by atoms with Gasteiger partial charge in [0.15, 0.2) is 0 Å². The second-order valence-electron chi connectivity index (χ2n) is 7.92. The summed E-state index contributed by atoms with van der Waals surface area (Å²) >= 11 is 1.57. The van der Waals surface area contributed by atoms with Gasteiger partial charge in [0, 0.05) is 34.4 Å². The fraction of sp³-hybridized carbons (Fsp3) is 0.391. The molecule has 0 spiro atoms. The number of piperidine rings is 3. The van der Waals surface area contributed by atoms with Crippen LogP contribution < -0.4 is 10.6 Å². The fourth-order valence-electron chi connectivity index (χ4n) is 4.43. The van der Waals surface area contributed by atoms with Crippen LogP contribution in [-0.2, 0) is 4.79 Å². The summed E-state index contributed by atoms with van der Waals surface area (Å²) in [6, 6.07) is 16.0. The van der Waals surface area contributed by atoms with E-state index in [-0.39, 0.29) is 17.9 Å². The molecule has 6 heteroatoms. The number of amides is 2. The van der Waals surface area contributed by atoms with Crippen LogP contribution in [0.5, 0.6) is 0 Å². The van der Waals surface area contributed by atoms with E-state index in [2.05, 4.69) is 22.5 Å². The lowest BCUT2D eigenvalue weighted by Gasteiger charge is -2.49. The number of hydrogen-bond acceptors (Lipinski definition) is 4. The van der Waals surface area contributed by atoms with Crippen LogP contribution in [0.4, 0.5) is 5.69 Å². The number of benzene rings is 2. The topological polar surface area (TPSA) is 61.4 Å². The number of para-hydroxylation sites is 1. The molecule has 0 aromatic heterocycles. The first kappa shape index (κ1) is 20.0. The lowest BCUT2D eigenvalue weighted by molar-refractivity contribution is -0.114. The van der Waals surface area contributed by atoms with Crippen LogP contribution in [0.15, 0.2) is 58.3 Å². The molecule has 2 bridgehead atoms. The van der Waals surface area contributed by atoms with E-state index >= 15 is 0 Å². The largest absolute Gasteiger partial charge is 0.347 e. The smallest absolute Gasteiger partial charge is 0.251 e. The molecule has 29 heavy (non-hydrogen) atoms. The Morgan fingerprint density at radius 2 is 1.72 bits per heavy atom. The molecule has 0 aliphatic carbocycles. The van der Waals surface area contributed by atoms with Gasteiger partial charge in [0.25, 0.3) is 5.91 Å². The minimum Gasteiger partial charge on any atom is -0.347 e. The highest BCUT2D eigenvalue weighted by molar-refractivity contribution is 7.99. The highest BCUT2D eigenvalue weighted by Crippen LogP contribution is 2.34. The average Bonchev–Trinajstić information content (AvgIpc) is 2.72. The Kier molecular flexibility index (Phi) is 5.92. The number of hydrogen-bond donors (Lipinski definition) is 2. The minimum atomic E-state index is -0.0907. The predicted molar refractivity (Wildman–Crippen MR) is 116 cm³/mol. The Balaban J connectivity index is 1.42. The SMILES string of the molecule is CC(=O)Nc1ccccc1Sc1ccc(C(=O)NC2C3CCN(CC3)C2C)cc1. The van der Waals surface area contributed by atoms with Crippen molar-refractivity contribution in [3.05, 3.63) is 54.1 Å². The van der Waals surface area contributed by atoms with E-state index in [9.17, 15) is 9.59 Å². The number of carbonyl (C=O) groups excluding carboxylic acids is 2. The van der Waals surface area contributed by atoms with Crippen molar-refractivity contribution in [3.8, 4) is 0 Å². The number of rotatable bonds is 5. The molecule has 0 radical (unpaired) electrons. The summed E-state index contributed by atoms with van der Waals surface area (Å²) in [6.07, 6.45) is 2.36. The summed E-state index contributed by atoms with van der Waals surface area (Å²) in [4.78, 5) is 28.7. The highest BCUT2D eigenvalue weighted by Gasteiger charge is 2.40. The van der Waals surface area contributed by atoms with Gasteiger partial charge in [-0.05, 0) is 75.2 Å². The van der Waals surface area contributed by atoms with Gasteiger partial charge in [-0.25, -0.2) is 0 Å². The first-order valence-electron chi connectivity index (χ1n) is 10.2. The molecule has 3 fully saturated rings. The van der Waals surface area contributed by atoms with Gasteiger partial charge in [-0.1, -0.05) is 23.9 Å². The molecule has 0 saturated carbocycles. The summed E-state index contributed by atoms with van der Waals surface area (Å²) in [5.41, 5.74) is 1.48. The zero-order valence-corrected chi connectivity index (χ0v) is 17.7. The summed E-state index contributed by atoms with van der Waals surface area (Å²) in [7, 11) is 0. The third-order valence-corrected chi connectivity index (χ3v) is 7.10. The average molecular weight is 410 g/mol. The van der Waals surface area contributed by atoms with Crippen molar-refractivity contribution in [2.45, 2.75) is 48.6 Å². The Labute approximate surface area is 176 Å². The predicted octanol–water partition coefficient (Wildman–Crippen LogP) is 4.01. The van der Waals surface area contributed by atoms with Crippen molar-refractivity contribution < 1.29 is 9.59 Å². The van der Waals surface area contributed by atoms with E-state index in [0.29, 0.717) is 17.5 Å². The molecule has 2 unspecified atom stereocenters. The van der Waals surface area contributed by atoms with Crippen LogP contribution in [-0.4, -0.2) is 41.9 Å². The standard InChI is InChI=1S/C23H27N3O2S/c1-15-22(17-11-13-26(15)14-12-17)25-23(28)18-7-9-19(10-8-18)29-21-6-4-3-5-20(21)24-16(2)27/h3-10,15,17,22H,11-14H2,1-2H3,(H,24,27)(H,25,28). The number of fused-ring (bicyclic) bond motifs is 3. The van der Waals surface area contributed by atoms with E-state index in [1.54, 1.807) is 11.8 Å². The number of carbonyl (C=O) groups is 2. The third kappa shape index (κ3) is 4.49. The van der Waals surface area contributed by atoms with E-state index in [1.165, 1.54) is 19.8 Å². The second kappa shape index (κ2) is 8.59. The summed E-state index contributed by atoms with van der Waals surface area (Å²) in [5.74, 6) is 0.511.